The minimum Gasteiger partial charge on any atom is -0.345 e. The SMILES string of the molecule is C#Cc1ccc2[nH]c(S(=O)(=O)N3CCN(C(=O)c4nc5c(s4)CC(=O)CC5)CC3)cc2c1.C1CNCCN1. The second-order valence-corrected chi connectivity index (χ2v) is 12.4. The molecule has 1 aromatic carbocycles. The molecule has 0 bridgehead atoms. The van der Waals surface area contributed by atoms with Crippen molar-refractivity contribution >= 4 is 44.0 Å². The van der Waals surface area contributed by atoms with Gasteiger partial charge in [0.15, 0.2) is 5.01 Å². The number of aromatic amines is 1. The number of hydrogen-bond acceptors (Lipinski definition) is 8. The smallest absolute Gasteiger partial charge is 0.282 e. The van der Waals surface area contributed by atoms with Crippen LogP contribution in [-0.4, -0.2) is 91.6 Å². The van der Waals surface area contributed by atoms with E-state index < -0.39 is 10.0 Å². The fourth-order valence-electron chi connectivity index (χ4n) is 4.68. The second kappa shape index (κ2) is 11.3. The molecule has 12 heteroatoms. The molecule has 0 unspecified atom stereocenters. The average molecular weight is 555 g/mol. The minimum atomic E-state index is -3.73. The van der Waals surface area contributed by atoms with Gasteiger partial charge in [0.2, 0.25) is 0 Å². The number of carbonyl (C=O) groups is 2. The number of hydrogen-bond donors (Lipinski definition) is 3. The van der Waals surface area contributed by atoms with Crippen LogP contribution in [0.15, 0.2) is 29.3 Å². The summed E-state index contributed by atoms with van der Waals surface area (Å²) in [5.74, 6) is 2.51. The van der Waals surface area contributed by atoms with E-state index in [-0.39, 0.29) is 42.9 Å². The molecule has 0 radical (unpaired) electrons. The van der Waals surface area contributed by atoms with Crippen molar-refractivity contribution in [1.29, 1.82) is 0 Å². The van der Waals surface area contributed by atoms with Gasteiger partial charge in [-0.25, -0.2) is 13.4 Å². The third-order valence-corrected chi connectivity index (χ3v) is 9.73. The largest absolute Gasteiger partial charge is 0.345 e. The number of nitrogens with one attached hydrogen (secondary N) is 3. The Labute approximate surface area is 225 Å². The number of aromatic nitrogens is 2. The number of sulfonamides is 1. The molecule has 0 saturated carbocycles. The summed E-state index contributed by atoms with van der Waals surface area (Å²) in [6, 6.07) is 6.88. The molecular weight excluding hydrogens is 524 g/mol. The van der Waals surface area contributed by atoms with Gasteiger partial charge < -0.3 is 20.5 Å². The van der Waals surface area contributed by atoms with Crippen molar-refractivity contribution in [2.45, 2.75) is 24.3 Å². The van der Waals surface area contributed by atoms with Gasteiger partial charge in [0, 0.05) is 86.5 Å². The van der Waals surface area contributed by atoms with Crippen LogP contribution in [0, 0.1) is 12.3 Å². The summed E-state index contributed by atoms with van der Waals surface area (Å²) in [6.45, 7) is 5.51. The Morgan fingerprint density at radius 1 is 1.03 bits per heavy atom. The summed E-state index contributed by atoms with van der Waals surface area (Å²) in [5, 5.41) is 7.67. The van der Waals surface area contributed by atoms with Crippen molar-refractivity contribution in [2.24, 2.45) is 0 Å². The van der Waals surface area contributed by atoms with Gasteiger partial charge in [-0.05, 0) is 30.7 Å². The number of fused-ring (bicyclic) bond motifs is 2. The summed E-state index contributed by atoms with van der Waals surface area (Å²) >= 11 is 1.28. The number of rotatable bonds is 3. The maximum atomic E-state index is 13.1. The van der Waals surface area contributed by atoms with Gasteiger partial charge in [0.25, 0.3) is 15.9 Å². The Hall–Kier alpha value is -3.08. The highest BCUT2D eigenvalue weighted by molar-refractivity contribution is 7.89. The Kier molecular flexibility index (Phi) is 7.92. The maximum absolute atomic E-state index is 13.1. The number of piperazine rings is 2. The summed E-state index contributed by atoms with van der Waals surface area (Å²) in [6.07, 6.45) is 6.83. The van der Waals surface area contributed by atoms with E-state index in [2.05, 4.69) is 26.5 Å². The lowest BCUT2D eigenvalue weighted by Gasteiger charge is -2.33. The van der Waals surface area contributed by atoms with Crippen LogP contribution in [0.2, 0.25) is 0 Å². The highest BCUT2D eigenvalue weighted by Crippen LogP contribution is 2.27. The molecule has 2 aromatic heterocycles. The molecule has 0 atom stereocenters. The zero-order valence-electron chi connectivity index (χ0n) is 21.0. The van der Waals surface area contributed by atoms with Crippen LogP contribution in [0.1, 0.15) is 32.4 Å². The molecule has 3 aliphatic rings. The van der Waals surface area contributed by atoms with E-state index >= 15 is 0 Å². The van der Waals surface area contributed by atoms with Crippen molar-refractivity contribution in [1.82, 2.24) is 29.8 Å². The Morgan fingerprint density at radius 2 is 1.74 bits per heavy atom. The highest BCUT2D eigenvalue weighted by atomic mass is 32.2. The number of benzene rings is 1. The molecule has 3 aromatic rings. The number of carbonyl (C=O) groups excluding carboxylic acids is 2. The van der Waals surface area contributed by atoms with Gasteiger partial charge in [0.1, 0.15) is 10.8 Å². The molecule has 0 spiro atoms. The number of aryl methyl sites for hydroxylation is 1. The molecule has 3 N–H and O–H groups in total. The van der Waals surface area contributed by atoms with Gasteiger partial charge >= 0.3 is 0 Å². The summed E-state index contributed by atoms with van der Waals surface area (Å²) in [4.78, 5) is 34.5. The normalized spacial score (nSPS) is 18.4. The van der Waals surface area contributed by atoms with Gasteiger partial charge in [-0.15, -0.1) is 17.8 Å². The Morgan fingerprint density at radius 3 is 2.39 bits per heavy atom. The predicted octanol–water partition coefficient (Wildman–Crippen LogP) is 0.989. The van der Waals surface area contributed by atoms with E-state index in [0.29, 0.717) is 35.4 Å². The lowest BCUT2D eigenvalue weighted by Crippen LogP contribution is -2.50. The Bertz CT molecular complexity index is 1480. The van der Waals surface area contributed by atoms with E-state index in [1.165, 1.54) is 15.6 Å². The first-order chi connectivity index (χ1) is 18.3. The lowest BCUT2D eigenvalue weighted by atomic mass is 10.0. The summed E-state index contributed by atoms with van der Waals surface area (Å²) in [7, 11) is -3.73. The van der Waals surface area contributed by atoms with Crippen LogP contribution in [0.4, 0.5) is 0 Å². The van der Waals surface area contributed by atoms with Crippen LogP contribution in [0.5, 0.6) is 0 Å². The molecule has 200 valence electrons. The predicted molar refractivity (Wildman–Crippen MR) is 146 cm³/mol. The van der Waals surface area contributed by atoms with Gasteiger partial charge in [-0.1, -0.05) is 5.92 Å². The zero-order chi connectivity index (χ0) is 26.7. The second-order valence-electron chi connectivity index (χ2n) is 9.38. The third-order valence-electron chi connectivity index (χ3n) is 6.82. The highest BCUT2D eigenvalue weighted by Gasteiger charge is 2.33. The van der Waals surface area contributed by atoms with Crippen LogP contribution < -0.4 is 10.6 Å². The summed E-state index contributed by atoms with van der Waals surface area (Å²) in [5.41, 5.74) is 2.22. The van der Waals surface area contributed by atoms with Crippen LogP contribution >= 0.6 is 11.3 Å². The molecule has 6 rings (SSSR count). The van der Waals surface area contributed by atoms with Gasteiger partial charge in [0.05, 0.1) is 5.69 Å². The van der Waals surface area contributed by atoms with Crippen LogP contribution in [0.3, 0.4) is 0 Å². The van der Waals surface area contributed by atoms with Crippen molar-refractivity contribution in [3.63, 3.8) is 0 Å². The topological polar surface area (TPSA) is 128 Å². The van der Waals surface area contributed by atoms with E-state index in [0.717, 1.165) is 42.1 Å². The molecule has 10 nitrogen and oxygen atoms in total. The molecule has 2 fully saturated rings. The molecule has 2 aliphatic heterocycles. The average Bonchev–Trinajstić information content (AvgIpc) is 3.58. The van der Waals surface area contributed by atoms with E-state index in [1.807, 2.05) is 0 Å². The van der Waals surface area contributed by atoms with Crippen molar-refractivity contribution in [3.8, 4) is 12.3 Å². The number of H-pyrrole nitrogens is 1. The van der Waals surface area contributed by atoms with Crippen LogP contribution in [0.25, 0.3) is 10.9 Å². The van der Waals surface area contributed by atoms with Crippen molar-refractivity contribution in [2.75, 3.05) is 52.4 Å². The maximum Gasteiger partial charge on any atom is 0.282 e. The monoisotopic (exact) mass is 554 g/mol. The molecule has 1 amide bonds. The number of amides is 1. The lowest BCUT2D eigenvalue weighted by molar-refractivity contribution is -0.118. The number of ketones is 1. The number of terminal acetylenes is 1. The minimum absolute atomic E-state index is 0.110. The molecule has 38 heavy (non-hydrogen) atoms. The summed E-state index contributed by atoms with van der Waals surface area (Å²) < 4.78 is 27.6. The fourth-order valence-corrected chi connectivity index (χ4v) is 7.22. The van der Waals surface area contributed by atoms with E-state index in [1.54, 1.807) is 29.2 Å². The van der Waals surface area contributed by atoms with Gasteiger partial charge in [-0.2, -0.15) is 4.31 Å². The first-order valence-electron chi connectivity index (χ1n) is 12.7. The molecule has 4 heterocycles. The number of nitrogens with zero attached hydrogens (tertiary/aromatic N) is 3. The van der Waals surface area contributed by atoms with Crippen molar-refractivity contribution in [3.05, 3.63) is 45.4 Å². The first-order valence-corrected chi connectivity index (χ1v) is 14.9. The number of thiazole rings is 1. The quantitative estimate of drug-likeness (QED) is 0.412. The zero-order valence-corrected chi connectivity index (χ0v) is 22.6. The molecule has 2 saturated heterocycles. The molecule has 1 aliphatic carbocycles. The van der Waals surface area contributed by atoms with Crippen molar-refractivity contribution < 1.29 is 18.0 Å². The molecular formula is C26H30N6O4S2. The standard InChI is InChI=1S/C22H20N4O4S2.C4H10N2/c1-2-14-3-5-17-15(11-14)12-20(23-17)32(29,30)26-9-7-25(8-10-26)22(28)21-24-18-6-4-16(27)13-19(18)31-21;1-2-6-4-3-5-1/h1,3,5,11-12,23H,4,6-10,13H2;5-6H,1-4H2. The van der Waals surface area contributed by atoms with E-state index in [4.69, 9.17) is 6.42 Å². The van der Waals surface area contributed by atoms with Gasteiger partial charge in [-0.3, -0.25) is 9.59 Å². The Balaban J connectivity index is 0.000000433. The number of Topliss-reactive ketones (excluding diaryl/α,β-unsaturated/α-hetero) is 1. The fraction of sp³-hybridized carbons (Fsp3) is 0.423. The van der Waals surface area contributed by atoms with Crippen LogP contribution in [-0.2, 0) is 27.7 Å². The van der Waals surface area contributed by atoms with E-state index in [9.17, 15) is 18.0 Å². The first kappa shape index (κ1) is 26.5. The third kappa shape index (κ3) is 5.67.